The lowest BCUT2D eigenvalue weighted by molar-refractivity contribution is 1.39. The normalized spacial score (nSPS) is 11.1. The van der Waals surface area contributed by atoms with E-state index < -0.39 is 0 Å². The van der Waals surface area contributed by atoms with Crippen molar-refractivity contribution >= 4 is 43.7 Å². The first kappa shape index (κ1) is 15.1. The van der Waals surface area contributed by atoms with E-state index in [1.807, 2.05) is 0 Å². The van der Waals surface area contributed by atoms with Gasteiger partial charge in [-0.25, -0.2) is 4.98 Å². The van der Waals surface area contributed by atoms with E-state index in [2.05, 4.69) is 95.6 Å². The van der Waals surface area contributed by atoms with E-state index in [0.717, 1.165) is 22.1 Å². The minimum absolute atomic E-state index is 0.907. The number of nitrogens with zero attached hydrogens (tertiary/aromatic N) is 1. The molecule has 26 heavy (non-hydrogen) atoms. The molecule has 3 heteroatoms. The Labute approximate surface area is 155 Å². The molecular formula is C23H16N2S. The molecule has 0 unspecified atom stereocenters. The highest BCUT2D eigenvalue weighted by molar-refractivity contribution is 7.14. The smallest absolute Gasteiger partial charge is 0.187 e. The lowest BCUT2D eigenvalue weighted by atomic mass is 10.1. The van der Waals surface area contributed by atoms with Crippen LogP contribution in [0.1, 0.15) is 0 Å². The molecule has 0 fully saturated rings. The molecule has 0 saturated carbocycles. The van der Waals surface area contributed by atoms with Crippen LogP contribution < -0.4 is 5.32 Å². The topological polar surface area (TPSA) is 24.9 Å². The molecule has 1 aromatic heterocycles. The maximum absolute atomic E-state index is 4.80. The predicted octanol–water partition coefficient (Wildman–Crippen LogP) is 6.86. The predicted molar refractivity (Wildman–Crippen MR) is 112 cm³/mol. The Hall–Kier alpha value is -3.17. The van der Waals surface area contributed by atoms with E-state index in [4.69, 9.17) is 4.98 Å². The van der Waals surface area contributed by atoms with Crippen LogP contribution in [0.3, 0.4) is 0 Å². The first-order valence-corrected chi connectivity index (χ1v) is 9.44. The van der Waals surface area contributed by atoms with Crippen LogP contribution in [-0.4, -0.2) is 4.98 Å². The van der Waals surface area contributed by atoms with Crippen LogP contribution in [0.25, 0.3) is 32.8 Å². The van der Waals surface area contributed by atoms with Crippen molar-refractivity contribution in [3.63, 3.8) is 0 Å². The van der Waals surface area contributed by atoms with Crippen LogP contribution >= 0.6 is 11.3 Å². The number of rotatable bonds is 3. The fraction of sp³-hybridized carbons (Fsp3) is 0. The Morgan fingerprint density at radius 2 is 1.46 bits per heavy atom. The first-order chi connectivity index (χ1) is 12.9. The molecule has 5 rings (SSSR count). The number of hydrogen-bond donors (Lipinski definition) is 1. The van der Waals surface area contributed by atoms with E-state index >= 15 is 0 Å². The quantitative estimate of drug-likeness (QED) is 0.383. The van der Waals surface area contributed by atoms with Gasteiger partial charge in [-0.1, -0.05) is 72.8 Å². The zero-order chi connectivity index (χ0) is 17.3. The van der Waals surface area contributed by atoms with Crippen molar-refractivity contribution in [2.45, 2.75) is 0 Å². The second-order valence-corrected chi connectivity index (χ2v) is 7.11. The van der Waals surface area contributed by atoms with Crippen LogP contribution in [0.15, 0.2) is 90.3 Å². The largest absolute Gasteiger partial charge is 0.331 e. The van der Waals surface area contributed by atoms with Crippen molar-refractivity contribution in [1.82, 2.24) is 4.98 Å². The van der Waals surface area contributed by atoms with E-state index in [1.165, 1.54) is 21.5 Å². The van der Waals surface area contributed by atoms with Gasteiger partial charge in [0.15, 0.2) is 5.13 Å². The van der Waals surface area contributed by atoms with Gasteiger partial charge in [-0.15, -0.1) is 11.3 Å². The summed E-state index contributed by atoms with van der Waals surface area (Å²) >= 11 is 1.63. The molecule has 0 aliphatic heterocycles. The second kappa shape index (κ2) is 6.28. The van der Waals surface area contributed by atoms with Gasteiger partial charge in [0.25, 0.3) is 0 Å². The van der Waals surface area contributed by atoms with Gasteiger partial charge >= 0.3 is 0 Å². The molecule has 5 aromatic rings. The fourth-order valence-corrected chi connectivity index (χ4v) is 3.99. The molecule has 0 radical (unpaired) electrons. The minimum atomic E-state index is 0.907. The summed E-state index contributed by atoms with van der Waals surface area (Å²) in [6.45, 7) is 0. The number of benzene rings is 4. The van der Waals surface area contributed by atoms with E-state index in [9.17, 15) is 0 Å². The van der Waals surface area contributed by atoms with Crippen molar-refractivity contribution in [3.8, 4) is 11.3 Å². The molecule has 0 aliphatic rings. The Bertz CT molecular complexity index is 1220. The molecule has 4 aromatic carbocycles. The summed E-state index contributed by atoms with van der Waals surface area (Å²) in [5.41, 5.74) is 3.23. The van der Waals surface area contributed by atoms with Gasteiger partial charge in [0.05, 0.1) is 5.69 Å². The highest BCUT2D eigenvalue weighted by atomic mass is 32.1. The third kappa shape index (κ3) is 2.72. The number of thiazole rings is 1. The molecule has 2 nitrogen and oxygen atoms in total. The summed E-state index contributed by atoms with van der Waals surface area (Å²) in [5, 5.41) is 11.4. The SMILES string of the molecule is c1ccc2cc(-c3csc(Nc4cccc5ccccc45)n3)ccc2c1. The van der Waals surface area contributed by atoms with Crippen LogP contribution in [0.4, 0.5) is 10.8 Å². The first-order valence-electron chi connectivity index (χ1n) is 8.56. The summed E-state index contributed by atoms with van der Waals surface area (Å²) in [7, 11) is 0. The number of hydrogen-bond acceptors (Lipinski definition) is 3. The highest BCUT2D eigenvalue weighted by Gasteiger charge is 2.07. The average molecular weight is 352 g/mol. The Morgan fingerprint density at radius 3 is 2.38 bits per heavy atom. The average Bonchev–Trinajstić information content (AvgIpc) is 3.16. The molecule has 124 valence electrons. The zero-order valence-electron chi connectivity index (χ0n) is 14.0. The molecule has 1 heterocycles. The molecule has 0 atom stereocenters. The van der Waals surface area contributed by atoms with Gasteiger partial charge in [-0.2, -0.15) is 0 Å². The highest BCUT2D eigenvalue weighted by Crippen LogP contribution is 2.31. The number of anilines is 2. The summed E-state index contributed by atoms with van der Waals surface area (Å²) in [5.74, 6) is 0. The minimum Gasteiger partial charge on any atom is -0.331 e. The van der Waals surface area contributed by atoms with Crippen molar-refractivity contribution in [2.24, 2.45) is 0 Å². The molecule has 0 amide bonds. The van der Waals surface area contributed by atoms with Gasteiger partial charge in [0, 0.05) is 22.0 Å². The summed E-state index contributed by atoms with van der Waals surface area (Å²) in [6.07, 6.45) is 0. The summed E-state index contributed by atoms with van der Waals surface area (Å²) in [4.78, 5) is 4.80. The molecule has 0 bridgehead atoms. The van der Waals surface area contributed by atoms with E-state index in [0.29, 0.717) is 0 Å². The Morgan fingerprint density at radius 1 is 0.692 bits per heavy atom. The fourth-order valence-electron chi connectivity index (χ4n) is 3.26. The maximum Gasteiger partial charge on any atom is 0.187 e. The van der Waals surface area contributed by atoms with Gasteiger partial charge in [0.2, 0.25) is 0 Å². The van der Waals surface area contributed by atoms with E-state index in [-0.39, 0.29) is 0 Å². The van der Waals surface area contributed by atoms with Crippen molar-refractivity contribution in [2.75, 3.05) is 5.32 Å². The van der Waals surface area contributed by atoms with Crippen molar-refractivity contribution in [3.05, 3.63) is 90.3 Å². The van der Waals surface area contributed by atoms with Crippen LogP contribution in [-0.2, 0) is 0 Å². The Balaban J connectivity index is 1.49. The third-order valence-electron chi connectivity index (χ3n) is 4.58. The monoisotopic (exact) mass is 352 g/mol. The van der Waals surface area contributed by atoms with Crippen LogP contribution in [0, 0.1) is 0 Å². The van der Waals surface area contributed by atoms with Crippen molar-refractivity contribution < 1.29 is 0 Å². The van der Waals surface area contributed by atoms with Crippen LogP contribution in [0.5, 0.6) is 0 Å². The van der Waals surface area contributed by atoms with Gasteiger partial charge in [0.1, 0.15) is 0 Å². The molecule has 0 spiro atoms. The number of aromatic nitrogens is 1. The lowest BCUT2D eigenvalue weighted by Crippen LogP contribution is -1.91. The molecular weight excluding hydrogens is 336 g/mol. The van der Waals surface area contributed by atoms with Gasteiger partial charge in [-0.05, 0) is 28.3 Å². The number of nitrogens with one attached hydrogen (secondary N) is 1. The van der Waals surface area contributed by atoms with Gasteiger partial charge in [-0.3, -0.25) is 0 Å². The summed E-state index contributed by atoms with van der Waals surface area (Å²) in [6, 6.07) is 29.6. The standard InChI is InChI=1S/C23H16N2S/c1-2-8-18-14-19(13-12-16(18)6-1)22-15-26-23(25-22)24-21-11-5-9-17-7-3-4-10-20(17)21/h1-15H,(H,24,25). The van der Waals surface area contributed by atoms with Crippen molar-refractivity contribution in [1.29, 1.82) is 0 Å². The second-order valence-electron chi connectivity index (χ2n) is 6.25. The van der Waals surface area contributed by atoms with Gasteiger partial charge < -0.3 is 5.32 Å². The van der Waals surface area contributed by atoms with Crippen LogP contribution in [0.2, 0.25) is 0 Å². The lowest BCUT2D eigenvalue weighted by Gasteiger charge is -2.07. The zero-order valence-corrected chi connectivity index (χ0v) is 14.8. The number of fused-ring (bicyclic) bond motifs is 2. The Kier molecular flexibility index (Phi) is 3.65. The molecule has 0 saturated heterocycles. The summed E-state index contributed by atoms with van der Waals surface area (Å²) < 4.78 is 0. The van der Waals surface area contributed by atoms with E-state index in [1.54, 1.807) is 11.3 Å². The maximum atomic E-state index is 4.80. The third-order valence-corrected chi connectivity index (χ3v) is 5.34. The molecule has 0 aliphatic carbocycles. The molecule has 1 N–H and O–H groups in total.